The van der Waals surface area contributed by atoms with E-state index in [1.807, 2.05) is 29.6 Å². The van der Waals surface area contributed by atoms with E-state index in [1.165, 1.54) is 30.2 Å². The van der Waals surface area contributed by atoms with Gasteiger partial charge in [-0.15, -0.1) is 21.5 Å². The zero-order valence-electron chi connectivity index (χ0n) is 19.0. The maximum absolute atomic E-state index is 12.8. The zero-order chi connectivity index (χ0) is 23.5. The molecule has 1 saturated carbocycles. The van der Waals surface area contributed by atoms with Crippen LogP contribution in [0, 0.1) is 0 Å². The predicted molar refractivity (Wildman–Crippen MR) is 129 cm³/mol. The van der Waals surface area contributed by atoms with E-state index in [2.05, 4.69) is 33.9 Å². The van der Waals surface area contributed by atoms with Gasteiger partial charge in [-0.05, 0) is 44.4 Å². The summed E-state index contributed by atoms with van der Waals surface area (Å²) in [5.74, 6) is 1.64. The van der Waals surface area contributed by atoms with Crippen molar-refractivity contribution in [1.82, 2.24) is 14.8 Å². The van der Waals surface area contributed by atoms with Crippen LogP contribution in [0.4, 0.5) is 5.00 Å². The number of amides is 1. The molecule has 1 aliphatic rings. The second-order valence-electron chi connectivity index (χ2n) is 7.99. The van der Waals surface area contributed by atoms with Crippen LogP contribution in [0.25, 0.3) is 11.1 Å². The maximum Gasteiger partial charge on any atom is 0.341 e. The van der Waals surface area contributed by atoms with Crippen molar-refractivity contribution >= 4 is 40.0 Å². The molecule has 33 heavy (non-hydrogen) atoms. The second kappa shape index (κ2) is 9.96. The van der Waals surface area contributed by atoms with Crippen LogP contribution in [0.3, 0.4) is 0 Å². The minimum Gasteiger partial charge on any atom is -0.497 e. The van der Waals surface area contributed by atoms with Crippen molar-refractivity contribution in [3.63, 3.8) is 0 Å². The number of nitrogens with zero attached hydrogens (tertiary/aromatic N) is 3. The fraction of sp³-hybridized carbons (Fsp3) is 0.391. The quantitative estimate of drug-likeness (QED) is 0.336. The molecule has 1 amide bonds. The van der Waals surface area contributed by atoms with Crippen molar-refractivity contribution in [3.8, 4) is 16.9 Å². The summed E-state index contributed by atoms with van der Waals surface area (Å²) in [5, 5.41) is 14.6. The monoisotopic (exact) mass is 486 g/mol. The topological polar surface area (TPSA) is 95.3 Å². The van der Waals surface area contributed by atoms with Gasteiger partial charge in [0.1, 0.15) is 22.1 Å². The molecular formula is C23H26N4O4S2. The van der Waals surface area contributed by atoms with Crippen LogP contribution in [0.1, 0.15) is 54.8 Å². The summed E-state index contributed by atoms with van der Waals surface area (Å²) in [6, 6.07) is 7.60. The van der Waals surface area contributed by atoms with Crippen molar-refractivity contribution in [2.24, 2.45) is 0 Å². The third-order valence-corrected chi connectivity index (χ3v) is 7.16. The third-order valence-electron chi connectivity index (χ3n) is 5.32. The van der Waals surface area contributed by atoms with E-state index in [0.717, 1.165) is 35.1 Å². The maximum atomic E-state index is 12.8. The standard InChI is InChI=1S/C23H26N4O4S2/c1-13(2)27-20(15-5-6-15)25-26-23(27)33-12-18(28)24-21-19(22(29)31-4)17(11-32-21)14-7-9-16(30-3)10-8-14/h7-11,13,15H,5-6,12H2,1-4H3,(H,24,28). The first kappa shape index (κ1) is 23.3. The summed E-state index contributed by atoms with van der Waals surface area (Å²) in [7, 11) is 2.93. The summed E-state index contributed by atoms with van der Waals surface area (Å²) >= 11 is 2.64. The molecule has 2 heterocycles. The molecule has 8 nitrogen and oxygen atoms in total. The number of nitrogens with one attached hydrogen (secondary N) is 1. The predicted octanol–water partition coefficient (Wildman–Crippen LogP) is 4.99. The highest BCUT2D eigenvalue weighted by Crippen LogP contribution is 2.41. The molecule has 1 fully saturated rings. The van der Waals surface area contributed by atoms with Crippen LogP contribution >= 0.6 is 23.1 Å². The number of aromatic nitrogens is 3. The van der Waals surface area contributed by atoms with E-state index in [0.29, 0.717) is 22.0 Å². The molecule has 0 aliphatic heterocycles. The lowest BCUT2D eigenvalue weighted by Gasteiger charge is -2.13. The van der Waals surface area contributed by atoms with E-state index < -0.39 is 5.97 Å². The highest BCUT2D eigenvalue weighted by atomic mass is 32.2. The van der Waals surface area contributed by atoms with Gasteiger partial charge in [0.2, 0.25) is 5.91 Å². The number of hydrogen-bond donors (Lipinski definition) is 1. The van der Waals surface area contributed by atoms with Crippen molar-refractivity contribution in [3.05, 3.63) is 41.0 Å². The SMILES string of the molecule is COC(=O)c1c(-c2ccc(OC)cc2)csc1NC(=O)CSc1nnc(C2CC2)n1C(C)C. The Bertz CT molecular complexity index is 1150. The third kappa shape index (κ3) is 5.06. The Hall–Kier alpha value is -2.85. The van der Waals surface area contributed by atoms with Crippen molar-refractivity contribution in [2.75, 3.05) is 25.3 Å². The lowest BCUT2D eigenvalue weighted by Crippen LogP contribution is -2.16. The first-order valence-electron chi connectivity index (χ1n) is 10.6. The van der Waals surface area contributed by atoms with Crippen LogP contribution in [-0.4, -0.2) is 46.6 Å². The van der Waals surface area contributed by atoms with E-state index in [-0.39, 0.29) is 17.7 Å². The second-order valence-corrected chi connectivity index (χ2v) is 9.81. The van der Waals surface area contributed by atoms with Crippen LogP contribution in [0.5, 0.6) is 5.75 Å². The van der Waals surface area contributed by atoms with E-state index in [1.54, 1.807) is 7.11 Å². The molecule has 10 heteroatoms. The Morgan fingerprint density at radius 3 is 2.55 bits per heavy atom. The molecule has 0 bridgehead atoms. The fourth-order valence-corrected chi connectivity index (χ4v) is 5.37. The minimum atomic E-state index is -0.501. The molecule has 0 radical (unpaired) electrons. The van der Waals surface area contributed by atoms with Gasteiger partial charge in [-0.1, -0.05) is 23.9 Å². The summed E-state index contributed by atoms with van der Waals surface area (Å²) < 4.78 is 12.3. The smallest absolute Gasteiger partial charge is 0.341 e. The van der Waals surface area contributed by atoms with Crippen molar-refractivity contribution in [1.29, 1.82) is 0 Å². The fourth-order valence-electron chi connectivity index (χ4n) is 3.52. The highest BCUT2D eigenvalue weighted by Gasteiger charge is 2.31. The lowest BCUT2D eigenvalue weighted by atomic mass is 10.0. The summed E-state index contributed by atoms with van der Waals surface area (Å²) in [4.78, 5) is 25.3. The number of benzene rings is 1. The minimum absolute atomic E-state index is 0.159. The first-order chi connectivity index (χ1) is 15.9. The molecule has 4 rings (SSSR count). The van der Waals surface area contributed by atoms with E-state index >= 15 is 0 Å². The summed E-state index contributed by atoms with van der Waals surface area (Å²) in [6.07, 6.45) is 2.28. The molecule has 3 aromatic rings. The number of carbonyl (C=O) groups is 2. The molecule has 0 saturated heterocycles. The van der Waals surface area contributed by atoms with Crippen LogP contribution in [0.2, 0.25) is 0 Å². The van der Waals surface area contributed by atoms with Gasteiger partial charge in [0.15, 0.2) is 5.16 Å². The Morgan fingerprint density at radius 2 is 1.94 bits per heavy atom. The Morgan fingerprint density at radius 1 is 1.21 bits per heavy atom. The Labute approximate surface area is 200 Å². The number of anilines is 1. The van der Waals surface area contributed by atoms with Crippen molar-refractivity contribution in [2.45, 2.75) is 43.8 Å². The Balaban J connectivity index is 1.50. The summed E-state index contributed by atoms with van der Waals surface area (Å²) in [6.45, 7) is 4.18. The van der Waals surface area contributed by atoms with Crippen LogP contribution < -0.4 is 10.1 Å². The molecule has 2 aromatic heterocycles. The molecule has 0 unspecified atom stereocenters. The normalized spacial score (nSPS) is 13.2. The number of esters is 1. The van der Waals surface area contributed by atoms with E-state index in [9.17, 15) is 9.59 Å². The Kier molecular flexibility index (Phi) is 7.04. The van der Waals surface area contributed by atoms with Gasteiger partial charge in [0, 0.05) is 22.9 Å². The van der Waals surface area contributed by atoms with Gasteiger partial charge in [-0.25, -0.2) is 4.79 Å². The number of thiophene rings is 1. The molecule has 1 aliphatic carbocycles. The lowest BCUT2D eigenvalue weighted by molar-refractivity contribution is -0.113. The van der Waals surface area contributed by atoms with Gasteiger partial charge in [-0.2, -0.15) is 0 Å². The molecule has 0 spiro atoms. The number of carbonyl (C=O) groups excluding carboxylic acids is 2. The van der Waals surface area contributed by atoms with Gasteiger partial charge in [0.05, 0.1) is 20.0 Å². The van der Waals surface area contributed by atoms with Gasteiger partial charge >= 0.3 is 5.97 Å². The van der Waals surface area contributed by atoms with Crippen LogP contribution in [-0.2, 0) is 9.53 Å². The van der Waals surface area contributed by atoms with Gasteiger partial charge in [-0.3, -0.25) is 4.79 Å². The van der Waals surface area contributed by atoms with Crippen molar-refractivity contribution < 1.29 is 19.1 Å². The highest BCUT2D eigenvalue weighted by molar-refractivity contribution is 7.99. The average molecular weight is 487 g/mol. The van der Waals surface area contributed by atoms with Gasteiger partial charge < -0.3 is 19.4 Å². The number of methoxy groups -OCH3 is 2. The number of hydrogen-bond acceptors (Lipinski definition) is 8. The molecule has 0 atom stereocenters. The zero-order valence-corrected chi connectivity index (χ0v) is 20.6. The number of rotatable bonds is 9. The first-order valence-corrected chi connectivity index (χ1v) is 12.5. The average Bonchev–Trinajstić information content (AvgIpc) is 3.44. The molecule has 1 aromatic carbocycles. The largest absolute Gasteiger partial charge is 0.497 e. The number of thioether (sulfide) groups is 1. The van der Waals surface area contributed by atoms with Gasteiger partial charge in [0.25, 0.3) is 0 Å². The molecule has 1 N–H and O–H groups in total. The molecular weight excluding hydrogens is 460 g/mol. The van der Waals surface area contributed by atoms with E-state index in [4.69, 9.17) is 9.47 Å². The number of ether oxygens (including phenoxy) is 2. The van der Waals surface area contributed by atoms with Crippen LogP contribution in [0.15, 0.2) is 34.8 Å². The summed E-state index contributed by atoms with van der Waals surface area (Å²) in [5.41, 5.74) is 1.87. The molecule has 174 valence electrons.